The molecule has 0 aromatic heterocycles. The zero-order valence-electron chi connectivity index (χ0n) is 7.57. The highest BCUT2D eigenvalue weighted by Crippen LogP contribution is 2.55. The molecule has 2 rings (SSSR count). The molecule has 2 aliphatic rings. The number of rotatable bonds is 0. The lowest BCUT2D eigenvalue weighted by atomic mass is 9.93. The van der Waals surface area contributed by atoms with E-state index in [2.05, 4.69) is 23.6 Å². The van der Waals surface area contributed by atoms with E-state index in [1.807, 2.05) is 0 Å². The summed E-state index contributed by atoms with van der Waals surface area (Å²) in [6.07, 6.45) is 0. The highest BCUT2D eigenvalue weighted by molar-refractivity contribution is 8.07. The van der Waals surface area contributed by atoms with Crippen molar-refractivity contribution in [1.29, 1.82) is 0 Å². The molecular formula is C5H10O6P2S2. The van der Waals surface area contributed by atoms with Crippen molar-refractivity contribution in [3.05, 3.63) is 0 Å². The van der Waals surface area contributed by atoms with Crippen molar-refractivity contribution in [3.8, 4) is 0 Å². The van der Waals surface area contributed by atoms with Gasteiger partial charge < -0.3 is 27.9 Å². The predicted octanol–water partition coefficient (Wildman–Crippen LogP) is 0.500. The van der Waals surface area contributed by atoms with Crippen molar-refractivity contribution in [3.63, 3.8) is 0 Å². The van der Waals surface area contributed by atoms with Gasteiger partial charge in [-0.2, -0.15) is 0 Å². The standard InChI is InChI=1S/C5H10O6P2S2/c6-12(14)8-1-5(2-9-12)3-10-13(7,15)11-4-5/h1-4H2,(H,6,14)(H,7,15). The first-order valence-corrected chi connectivity index (χ1v) is 9.25. The quantitative estimate of drug-likeness (QED) is 0.625. The van der Waals surface area contributed by atoms with E-state index in [4.69, 9.17) is 18.1 Å². The van der Waals surface area contributed by atoms with E-state index in [0.29, 0.717) is 0 Å². The molecule has 0 unspecified atom stereocenters. The van der Waals surface area contributed by atoms with Crippen LogP contribution in [0.25, 0.3) is 0 Å². The van der Waals surface area contributed by atoms with E-state index >= 15 is 0 Å². The molecule has 2 N–H and O–H groups in total. The van der Waals surface area contributed by atoms with Crippen LogP contribution in [0.3, 0.4) is 0 Å². The third kappa shape index (κ3) is 3.04. The van der Waals surface area contributed by atoms with Crippen LogP contribution in [0, 0.1) is 5.41 Å². The average molecular weight is 292 g/mol. The lowest BCUT2D eigenvalue weighted by Crippen LogP contribution is -2.45. The predicted molar refractivity (Wildman–Crippen MR) is 59.2 cm³/mol. The van der Waals surface area contributed by atoms with E-state index < -0.39 is 18.9 Å². The minimum Gasteiger partial charge on any atom is -0.324 e. The molecule has 0 radical (unpaired) electrons. The first kappa shape index (κ1) is 12.5. The van der Waals surface area contributed by atoms with Crippen LogP contribution in [0.4, 0.5) is 0 Å². The van der Waals surface area contributed by atoms with Gasteiger partial charge in [-0.05, 0) is 23.6 Å². The second-order valence-corrected chi connectivity index (χ2v) is 9.21. The van der Waals surface area contributed by atoms with E-state index in [1.54, 1.807) is 0 Å². The van der Waals surface area contributed by atoms with Gasteiger partial charge in [0.15, 0.2) is 0 Å². The maximum Gasteiger partial charge on any atom is 0.324 e. The molecule has 0 bridgehead atoms. The van der Waals surface area contributed by atoms with Gasteiger partial charge in [-0.1, -0.05) is 0 Å². The minimum atomic E-state index is -3.07. The van der Waals surface area contributed by atoms with Gasteiger partial charge in [-0.3, -0.25) is 0 Å². The Labute approximate surface area is 97.0 Å². The fourth-order valence-electron chi connectivity index (χ4n) is 1.20. The summed E-state index contributed by atoms with van der Waals surface area (Å²) >= 11 is 9.34. The largest absolute Gasteiger partial charge is 0.324 e. The molecule has 1 spiro atoms. The van der Waals surface area contributed by atoms with Crippen LogP contribution in [0.1, 0.15) is 0 Å². The maximum atomic E-state index is 9.33. The summed E-state index contributed by atoms with van der Waals surface area (Å²) in [5.74, 6) is 0. The van der Waals surface area contributed by atoms with E-state index in [9.17, 15) is 9.79 Å². The Kier molecular flexibility index (Phi) is 3.39. The molecule has 0 aliphatic carbocycles. The fraction of sp³-hybridized carbons (Fsp3) is 1.00. The molecule has 2 heterocycles. The van der Waals surface area contributed by atoms with Crippen molar-refractivity contribution in [1.82, 2.24) is 0 Å². The first-order valence-electron chi connectivity index (χ1n) is 4.06. The van der Waals surface area contributed by atoms with Crippen LogP contribution in [0.15, 0.2) is 0 Å². The van der Waals surface area contributed by atoms with Crippen LogP contribution in [-0.4, -0.2) is 36.2 Å². The van der Waals surface area contributed by atoms with Gasteiger partial charge in [0.2, 0.25) is 0 Å². The van der Waals surface area contributed by atoms with Gasteiger partial charge in [0.1, 0.15) is 0 Å². The summed E-state index contributed by atoms with van der Waals surface area (Å²) in [7, 11) is 0. The van der Waals surface area contributed by atoms with Crippen LogP contribution >= 0.6 is 13.4 Å². The van der Waals surface area contributed by atoms with E-state index in [0.717, 1.165) is 0 Å². The van der Waals surface area contributed by atoms with Crippen LogP contribution in [0.2, 0.25) is 0 Å². The van der Waals surface area contributed by atoms with Crippen molar-refractivity contribution in [2.75, 3.05) is 26.4 Å². The van der Waals surface area contributed by atoms with Gasteiger partial charge in [-0.15, -0.1) is 0 Å². The summed E-state index contributed by atoms with van der Waals surface area (Å²) in [5.41, 5.74) is -0.518. The Balaban J connectivity index is 2.01. The summed E-state index contributed by atoms with van der Waals surface area (Å²) in [6, 6.07) is 0. The van der Waals surface area contributed by atoms with Crippen LogP contribution in [-0.2, 0) is 41.7 Å². The molecular weight excluding hydrogens is 282 g/mol. The molecule has 0 aromatic carbocycles. The molecule has 2 saturated heterocycles. The third-order valence-electron chi connectivity index (χ3n) is 2.14. The van der Waals surface area contributed by atoms with E-state index in [1.165, 1.54) is 0 Å². The van der Waals surface area contributed by atoms with Crippen LogP contribution in [0.5, 0.6) is 0 Å². The molecule has 0 aromatic rings. The molecule has 15 heavy (non-hydrogen) atoms. The average Bonchev–Trinajstić information content (AvgIpc) is 2.15. The first-order chi connectivity index (χ1) is 6.83. The van der Waals surface area contributed by atoms with Gasteiger partial charge >= 0.3 is 13.4 Å². The lowest BCUT2D eigenvalue weighted by molar-refractivity contribution is -0.0711. The second-order valence-electron chi connectivity index (χ2n) is 3.53. The van der Waals surface area contributed by atoms with Crippen LogP contribution < -0.4 is 0 Å². The molecule has 2 aliphatic heterocycles. The SMILES string of the molecule is OP1(=S)OCC2(CO1)COP(O)(=S)OC2. The Morgan fingerprint density at radius 1 is 0.800 bits per heavy atom. The molecule has 0 atom stereocenters. The lowest BCUT2D eigenvalue weighted by Gasteiger charge is -2.42. The number of hydrogen-bond acceptors (Lipinski definition) is 6. The van der Waals surface area contributed by atoms with Gasteiger partial charge in [0, 0.05) is 0 Å². The molecule has 0 saturated carbocycles. The van der Waals surface area contributed by atoms with Crippen molar-refractivity contribution in [2.45, 2.75) is 0 Å². The molecule has 10 heteroatoms. The zero-order chi connectivity index (χ0) is 11.2. The van der Waals surface area contributed by atoms with Crippen molar-refractivity contribution < 1.29 is 27.9 Å². The minimum absolute atomic E-state index is 0.191. The topological polar surface area (TPSA) is 77.4 Å². The fourth-order valence-corrected chi connectivity index (χ4v) is 3.73. The summed E-state index contributed by atoms with van der Waals surface area (Å²) in [4.78, 5) is 18.7. The molecule has 88 valence electrons. The smallest absolute Gasteiger partial charge is 0.324 e. The highest BCUT2D eigenvalue weighted by Gasteiger charge is 2.45. The summed E-state index contributed by atoms with van der Waals surface area (Å²) < 4.78 is 20.1. The number of hydrogen-bond donors (Lipinski definition) is 2. The second kappa shape index (κ2) is 4.07. The van der Waals surface area contributed by atoms with Crippen molar-refractivity contribution in [2.24, 2.45) is 5.41 Å². The van der Waals surface area contributed by atoms with Gasteiger partial charge in [0.25, 0.3) is 0 Å². The normalized spacial score (nSPS) is 51.9. The third-order valence-corrected chi connectivity index (χ3v) is 5.22. The Hall–Kier alpha value is 1.06. The Morgan fingerprint density at radius 2 is 1.07 bits per heavy atom. The summed E-state index contributed by atoms with van der Waals surface area (Å²) in [5, 5.41) is 0. The van der Waals surface area contributed by atoms with E-state index in [-0.39, 0.29) is 26.4 Å². The Morgan fingerprint density at radius 3 is 1.33 bits per heavy atom. The monoisotopic (exact) mass is 292 g/mol. The van der Waals surface area contributed by atoms with Crippen molar-refractivity contribution >= 4 is 37.1 Å². The van der Waals surface area contributed by atoms with Gasteiger partial charge in [-0.25, -0.2) is 0 Å². The summed E-state index contributed by atoms with van der Waals surface area (Å²) in [6.45, 7) is -5.38. The zero-order valence-corrected chi connectivity index (χ0v) is 11.0. The molecule has 6 nitrogen and oxygen atoms in total. The molecule has 2 fully saturated rings. The highest BCUT2D eigenvalue weighted by atomic mass is 32.5. The Bertz CT molecular complexity index is 298. The molecule has 0 amide bonds. The van der Waals surface area contributed by atoms with Gasteiger partial charge in [0.05, 0.1) is 31.8 Å². The maximum absolute atomic E-state index is 9.33.